The molecular formula is C15H15BrN2OS. The zero-order chi connectivity index (χ0) is 13.9. The first-order valence-corrected chi connectivity index (χ1v) is 8.39. The summed E-state index contributed by atoms with van der Waals surface area (Å²) in [6.45, 7) is 0. The van der Waals surface area contributed by atoms with Gasteiger partial charge >= 0.3 is 0 Å². The molecule has 0 spiro atoms. The lowest BCUT2D eigenvalue weighted by atomic mass is 10.2. The molecule has 1 aromatic heterocycles. The van der Waals surface area contributed by atoms with E-state index in [0.717, 1.165) is 22.4 Å². The molecule has 0 fully saturated rings. The molecular weight excluding hydrogens is 336 g/mol. The van der Waals surface area contributed by atoms with E-state index in [1.54, 1.807) is 17.4 Å². The smallest absolute Gasteiger partial charge is 0.258 e. The van der Waals surface area contributed by atoms with E-state index in [1.807, 2.05) is 18.2 Å². The van der Waals surface area contributed by atoms with Crippen LogP contribution in [0.5, 0.6) is 0 Å². The van der Waals surface area contributed by atoms with Crippen LogP contribution in [-0.4, -0.2) is 10.9 Å². The summed E-state index contributed by atoms with van der Waals surface area (Å²) < 4.78 is 0.801. The number of carbonyl (C=O) groups excluding carboxylic acids is 1. The fourth-order valence-electron chi connectivity index (χ4n) is 2.39. The van der Waals surface area contributed by atoms with Gasteiger partial charge in [0.15, 0.2) is 5.13 Å². The summed E-state index contributed by atoms with van der Waals surface area (Å²) in [6.07, 6.45) is 5.84. The number of thiazole rings is 1. The van der Waals surface area contributed by atoms with E-state index in [0.29, 0.717) is 5.56 Å². The van der Waals surface area contributed by atoms with Gasteiger partial charge in [-0.25, -0.2) is 4.98 Å². The van der Waals surface area contributed by atoms with Gasteiger partial charge in [0, 0.05) is 9.35 Å². The number of carbonyl (C=O) groups is 1. The van der Waals surface area contributed by atoms with Crippen molar-refractivity contribution in [2.75, 3.05) is 5.32 Å². The lowest BCUT2D eigenvalue weighted by Gasteiger charge is -2.03. The second-order valence-corrected chi connectivity index (χ2v) is 6.82. The first-order valence-electron chi connectivity index (χ1n) is 6.78. The molecule has 0 unspecified atom stereocenters. The van der Waals surface area contributed by atoms with Crippen molar-refractivity contribution < 1.29 is 4.79 Å². The van der Waals surface area contributed by atoms with Crippen LogP contribution in [0.3, 0.4) is 0 Å². The van der Waals surface area contributed by atoms with E-state index in [-0.39, 0.29) is 5.91 Å². The van der Waals surface area contributed by atoms with E-state index >= 15 is 0 Å². The molecule has 1 N–H and O–H groups in total. The number of halogens is 1. The maximum atomic E-state index is 12.2. The van der Waals surface area contributed by atoms with E-state index < -0.39 is 0 Å². The van der Waals surface area contributed by atoms with Crippen molar-refractivity contribution in [1.82, 2.24) is 4.98 Å². The van der Waals surface area contributed by atoms with E-state index in [9.17, 15) is 4.79 Å². The van der Waals surface area contributed by atoms with Gasteiger partial charge in [-0.05, 0) is 53.7 Å². The van der Waals surface area contributed by atoms with Crippen molar-refractivity contribution in [3.63, 3.8) is 0 Å². The molecule has 1 heterocycles. The maximum Gasteiger partial charge on any atom is 0.258 e. The molecule has 0 saturated heterocycles. The number of aryl methyl sites for hydroxylation is 2. The molecule has 104 valence electrons. The Bertz CT molecular complexity index is 615. The number of hydrogen-bond donors (Lipinski definition) is 1. The minimum atomic E-state index is -0.110. The topological polar surface area (TPSA) is 42.0 Å². The lowest BCUT2D eigenvalue weighted by Crippen LogP contribution is -2.12. The monoisotopic (exact) mass is 350 g/mol. The molecule has 1 aliphatic rings. The van der Waals surface area contributed by atoms with Gasteiger partial charge < -0.3 is 0 Å². The van der Waals surface area contributed by atoms with Gasteiger partial charge in [0.05, 0.1) is 11.3 Å². The summed E-state index contributed by atoms with van der Waals surface area (Å²) in [5.41, 5.74) is 1.81. The third kappa shape index (κ3) is 2.94. The summed E-state index contributed by atoms with van der Waals surface area (Å²) in [7, 11) is 0. The fourth-order valence-corrected chi connectivity index (χ4v) is 3.90. The number of nitrogens with one attached hydrogen (secondary N) is 1. The number of aromatic nitrogens is 1. The van der Waals surface area contributed by atoms with Crippen LogP contribution in [-0.2, 0) is 12.8 Å². The highest BCUT2D eigenvalue weighted by Crippen LogP contribution is 2.29. The lowest BCUT2D eigenvalue weighted by molar-refractivity contribution is 0.102. The van der Waals surface area contributed by atoms with Gasteiger partial charge in [-0.15, -0.1) is 11.3 Å². The average Bonchev–Trinajstić information content (AvgIpc) is 2.68. The number of fused-ring (bicyclic) bond motifs is 1. The Morgan fingerprint density at radius 1 is 1.20 bits per heavy atom. The summed E-state index contributed by atoms with van der Waals surface area (Å²) in [5, 5.41) is 3.64. The van der Waals surface area contributed by atoms with Crippen LogP contribution in [0.2, 0.25) is 0 Å². The first kappa shape index (κ1) is 13.8. The third-order valence-corrected chi connectivity index (χ3v) is 5.20. The Labute approximate surface area is 130 Å². The molecule has 1 aliphatic carbocycles. The highest BCUT2D eigenvalue weighted by atomic mass is 79.9. The van der Waals surface area contributed by atoms with Crippen LogP contribution in [0.15, 0.2) is 28.7 Å². The van der Waals surface area contributed by atoms with Gasteiger partial charge in [0.25, 0.3) is 5.91 Å². The van der Waals surface area contributed by atoms with Gasteiger partial charge in [-0.3, -0.25) is 10.1 Å². The normalized spacial score (nSPS) is 14.4. The summed E-state index contributed by atoms with van der Waals surface area (Å²) in [5.74, 6) is -0.110. The van der Waals surface area contributed by atoms with E-state index in [4.69, 9.17) is 0 Å². The Hall–Kier alpha value is -1.20. The number of rotatable bonds is 2. The predicted octanol–water partition coefficient (Wildman–Crippen LogP) is 4.43. The molecule has 0 saturated carbocycles. The van der Waals surface area contributed by atoms with Crippen LogP contribution in [0, 0.1) is 0 Å². The van der Waals surface area contributed by atoms with Crippen LogP contribution in [0.25, 0.3) is 0 Å². The molecule has 5 heteroatoms. The van der Waals surface area contributed by atoms with Gasteiger partial charge in [0.2, 0.25) is 0 Å². The third-order valence-electron chi connectivity index (χ3n) is 3.43. The highest BCUT2D eigenvalue weighted by molar-refractivity contribution is 9.10. The van der Waals surface area contributed by atoms with Crippen LogP contribution in [0.1, 0.15) is 40.2 Å². The second kappa shape index (κ2) is 6.06. The van der Waals surface area contributed by atoms with E-state index in [2.05, 4.69) is 26.2 Å². The van der Waals surface area contributed by atoms with Crippen LogP contribution in [0.4, 0.5) is 5.13 Å². The van der Waals surface area contributed by atoms with E-state index in [1.165, 1.54) is 29.8 Å². The Morgan fingerprint density at radius 3 is 2.85 bits per heavy atom. The zero-order valence-electron chi connectivity index (χ0n) is 11.0. The molecule has 2 aromatic rings. The Morgan fingerprint density at radius 2 is 2.00 bits per heavy atom. The van der Waals surface area contributed by atoms with Crippen LogP contribution >= 0.6 is 27.3 Å². The van der Waals surface area contributed by atoms with Crippen molar-refractivity contribution in [3.05, 3.63) is 44.9 Å². The van der Waals surface area contributed by atoms with Crippen molar-refractivity contribution >= 4 is 38.3 Å². The largest absolute Gasteiger partial charge is 0.298 e. The molecule has 3 rings (SSSR count). The number of nitrogens with zero attached hydrogens (tertiary/aromatic N) is 1. The second-order valence-electron chi connectivity index (χ2n) is 4.88. The number of benzene rings is 1. The van der Waals surface area contributed by atoms with Crippen molar-refractivity contribution in [1.29, 1.82) is 0 Å². The Kier molecular flexibility index (Phi) is 4.17. The average molecular weight is 351 g/mol. The zero-order valence-corrected chi connectivity index (χ0v) is 13.4. The molecule has 0 aliphatic heterocycles. The molecule has 3 nitrogen and oxygen atoms in total. The van der Waals surface area contributed by atoms with Crippen molar-refractivity contribution in [2.45, 2.75) is 32.1 Å². The van der Waals surface area contributed by atoms with Gasteiger partial charge in [0.1, 0.15) is 0 Å². The molecule has 0 bridgehead atoms. The van der Waals surface area contributed by atoms with Gasteiger partial charge in [-0.2, -0.15) is 0 Å². The molecule has 1 amide bonds. The summed E-state index contributed by atoms with van der Waals surface area (Å²) in [6, 6.07) is 7.42. The summed E-state index contributed by atoms with van der Waals surface area (Å²) >= 11 is 5.02. The number of anilines is 1. The quantitative estimate of drug-likeness (QED) is 0.814. The Balaban J connectivity index is 1.78. The standard InChI is InChI=1S/C15H15BrN2OS/c16-11-7-5-4-6-10(11)14(19)18-15-17-12-8-2-1-3-9-13(12)20-15/h4-7H,1-3,8-9H2,(H,17,18,19). The molecule has 1 aromatic carbocycles. The summed E-state index contributed by atoms with van der Waals surface area (Å²) in [4.78, 5) is 18.2. The first-order chi connectivity index (χ1) is 9.74. The molecule has 20 heavy (non-hydrogen) atoms. The number of hydrogen-bond acceptors (Lipinski definition) is 3. The van der Waals surface area contributed by atoms with Crippen molar-refractivity contribution in [2.24, 2.45) is 0 Å². The number of amides is 1. The van der Waals surface area contributed by atoms with Crippen LogP contribution < -0.4 is 5.32 Å². The minimum absolute atomic E-state index is 0.110. The maximum absolute atomic E-state index is 12.2. The SMILES string of the molecule is O=C(Nc1nc2c(s1)CCCCC2)c1ccccc1Br. The molecule has 0 radical (unpaired) electrons. The highest BCUT2D eigenvalue weighted by Gasteiger charge is 2.16. The van der Waals surface area contributed by atoms with Crippen molar-refractivity contribution in [3.8, 4) is 0 Å². The molecule has 0 atom stereocenters. The fraction of sp³-hybridized carbons (Fsp3) is 0.333. The minimum Gasteiger partial charge on any atom is -0.298 e. The van der Waals surface area contributed by atoms with Gasteiger partial charge in [-0.1, -0.05) is 18.6 Å². The predicted molar refractivity (Wildman–Crippen MR) is 85.5 cm³/mol.